The maximum atomic E-state index is 13.5. The first-order valence-electron chi connectivity index (χ1n) is 10.6. The minimum atomic E-state index is -0.527. The van der Waals surface area contributed by atoms with Crippen LogP contribution in [0.4, 0.5) is 11.6 Å². The highest BCUT2D eigenvalue weighted by Gasteiger charge is 2.34. The summed E-state index contributed by atoms with van der Waals surface area (Å²) < 4.78 is 7.22. The summed E-state index contributed by atoms with van der Waals surface area (Å²) in [4.78, 5) is 22.3. The van der Waals surface area contributed by atoms with E-state index in [1.807, 2.05) is 43.3 Å². The van der Waals surface area contributed by atoms with Crippen LogP contribution >= 0.6 is 11.6 Å². The number of nitrogens with zero attached hydrogens (tertiary/aromatic N) is 4. The number of carbonyl (C=O) groups excluding carboxylic acids is 1. The van der Waals surface area contributed by atoms with Crippen molar-refractivity contribution >= 4 is 29.1 Å². The number of carbonyl (C=O) groups is 1. The summed E-state index contributed by atoms with van der Waals surface area (Å²) in [5, 5.41) is 11.6. The molecule has 2 aromatic heterocycles. The number of amides is 1. The number of pyridine rings is 1. The zero-order chi connectivity index (χ0) is 23.7. The van der Waals surface area contributed by atoms with Gasteiger partial charge in [-0.15, -0.1) is 5.10 Å². The number of para-hydroxylation sites is 1. The van der Waals surface area contributed by atoms with Crippen LogP contribution in [0.3, 0.4) is 0 Å². The van der Waals surface area contributed by atoms with Gasteiger partial charge in [-0.05, 0) is 48.9 Å². The molecule has 1 atom stereocenters. The second kappa shape index (κ2) is 8.99. The molecule has 8 nitrogen and oxygen atoms in total. The second-order valence-electron chi connectivity index (χ2n) is 7.72. The van der Waals surface area contributed by atoms with Gasteiger partial charge in [-0.3, -0.25) is 9.78 Å². The summed E-state index contributed by atoms with van der Waals surface area (Å²) >= 11 is 6.14. The van der Waals surface area contributed by atoms with Gasteiger partial charge in [0.1, 0.15) is 11.8 Å². The minimum Gasteiger partial charge on any atom is -0.496 e. The fraction of sp³-hybridized carbons (Fsp3) is 0.120. The van der Waals surface area contributed by atoms with E-state index in [0.717, 1.165) is 11.1 Å². The Balaban J connectivity index is 1.62. The van der Waals surface area contributed by atoms with Gasteiger partial charge in [0, 0.05) is 16.9 Å². The Morgan fingerprint density at radius 1 is 1.12 bits per heavy atom. The molecule has 0 saturated carbocycles. The van der Waals surface area contributed by atoms with Crippen LogP contribution in [0.1, 0.15) is 18.5 Å². The van der Waals surface area contributed by atoms with Crippen molar-refractivity contribution in [3.63, 3.8) is 0 Å². The molecule has 5 rings (SSSR count). The fourth-order valence-corrected chi connectivity index (χ4v) is 4.10. The third-order valence-corrected chi connectivity index (χ3v) is 5.80. The molecule has 0 saturated heterocycles. The minimum absolute atomic E-state index is 0.266. The number of fused-ring (bicyclic) bond motifs is 1. The lowest BCUT2D eigenvalue weighted by Gasteiger charge is -2.28. The molecule has 1 aliphatic rings. The SMILES string of the molecule is COc1ccccc1-c1nc2n(n1)[C@@H](c1ccc(Cl)cc1)C(C(=O)Nc1cccnc1)=C(C)N2. The maximum absolute atomic E-state index is 13.5. The van der Waals surface area contributed by atoms with Gasteiger partial charge in [-0.25, -0.2) is 4.68 Å². The van der Waals surface area contributed by atoms with E-state index in [2.05, 4.69) is 15.6 Å². The number of anilines is 2. The van der Waals surface area contributed by atoms with Gasteiger partial charge in [-0.2, -0.15) is 4.98 Å². The lowest BCUT2D eigenvalue weighted by molar-refractivity contribution is -0.113. The molecule has 1 amide bonds. The molecule has 9 heteroatoms. The molecule has 1 aliphatic heterocycles. The molecule has 170 valence electrons. The number of rotatable bonds is 5. The van der Waals surface area contributed by atoms with E-state index >= 15 is 0 Å². The number of benzene rings is 2. The number of allylic oxidation sites excluding steroid dienone is 1. The Labute approximate surface area is 201 Å². The molecular formula is C25H21ClN6O2. The normalized spacial score (nSPS) is 14.9. The molecule has 0 radical (unpaired) electrons. The van der Waals surface area contributed by atoms with E-state index < -0.39 is 6.04 Å². The average Bonchev–Trinajstić information content (AvgIpc) is 3.27. The quantitative estimate of drug-likeness (QED) is 0.427. The van der Waals surface area contributed by atoms with Crippen LogP contribution in [0.2, 0.25) is 5.02 Å². The Hall–Kier alpha value is -4.17. The number of ether oxygens (including phenoxy) is 1. The van der Waals surface area contributed by atoms with Crippen molar-refractivity contribution in [3.8, 4) is 17.1 Å². The van der Waals surface area contributed by atoms with Crippen LogP contribution in [0.15, 0.2) is 84.3 Å². The van der Waals surface area contributed by atoms with Crippen LogP contribution in [-0.2, 0) is 4.79 Å². The lowest BCUT2D eigenvalue weighted by atomic mass is 9.95. The lowest BCUT2D eigenvalue weighted by Crippen LogP contribution is -2.31. The maximum Gasteiger partial charge on any atom is 0.255 e. The Morgan fingerprint density at radius 2 is 1.91 bits per heavy atom. The van der Waals surface area contributed by atoms with E-state index in [4.69, 9.17) is 26.4 Å². The number of nitrogens with one attached hydrogen (secondary N) is 2. The number of hydrogen-bond acceptors (Lipinski definition) is 6. The smallest absolute Gasteiger partial charge is 0.255 e. The predicted octanol–water partition coefficient (Wildman–Crippen LogP) is 4.93. The van der Waals surface area contributed by atoms with Crippen molar-refractivity contribution in [1.82, 2.24) is 19.7 Å². The van der Waals surface area contributed by atoms with Gasteiger partial charge in [0.25, 0.3) is 5.91 Å². The van der Waals surface area contributed by atoms with E-state index in [1.165, 1.54) is 0 Å². The van der Waals surface area contributed by atoms with E-state index in [0.29, 0.717) is 39.5 Å². The molecule has 0 fully saturated rings. The summed E-state index contributed by atoms with van der Waals surface area (Å²) in [5.41, 5.74) is 3.38. The average molecular weight is 473 g/mol. The van der Waals surface area contributed by atoms with E-state index in [-0.39, 0.29) is 5.91 Å². The van der Waals surface area contributed by atoms with E-state index in [9.17, 15) is 4.79 Å². The van der Waals surface area contributed by atoms with Crippen molar-refractivity contribution in [2.45, 2.75) is 13.0 Å². The van der Waals surface area contributed by atoms with Crippen molar-refractivity contribution in [1.29, 1.82) is 0 Å². The van der Waals surface area contributed by atoms with Gasteiger partial charge in [-0.1, -0.05) is 35.9 Å². The Morgan fingerprint density at radius 3 is 2.65 bits per heavy atom. The topological polar surface area (TPSA) is 94.0 Å². The number of halogens is 1. The first kappa shape index (κ1) is 21.7. The number of hydrogen-bond donors (Lipinski definition) is 2. The molecule has 0 spiro atoms. The molecule has 0 bridgehead atoms. The molecule has 4 aromatic rings. The molecule has 0 aliphatic carbocycles. The van der Waals surface area contributed by atoms with Crippen molar-refractivity contribution in [2.24, 2.45) is 0 Å². The zero-order valence-electron chi connectivity index (χ0n) is 18.5. The molecule has 34 heavy (non-hydrogen) atoms. The summed E-state index contributed by atoms with van der Waals surface area (Å²) in [6.45, 7) is 1.85. The Kier molecular flexibility index (Phi) is 5.73. The monoisotopic (exact) mass is 472 g/mol. The molecule has 2 aromatic carbocycles. The van der Waals surface area contributed by atoms with Crippen LogP contribution in [-0.4, -0.2) is 32.8 Å². The van der Waals surface area contributed by atoms with Crippen molar-refractivity contribution < 1.29 is 9.53 Å². The molecule has 0 unspecified atom stereocenters. The third kappa shape index (κ3) is 3.99. The molecule has 2 N–H and O–H groups in total. The number of aromatic nitrogens is 4. The first-order valence-corrected chi connectivity index (χ1v) is 11.0. The second-order valence-corrected chi connectivity index (χ2v) is 8.15. The number of methoxy groups -OCH3 is 1. The predicted molar refractivity (Wildman–Crippen MR) is 131 cm³/mol. The highest BCUT2D eigenvalue weighted by molar-refractivity contribution is 6.30. The Bertz CT molecular complexity index is 1380. The van der Waals surface area contributed by atoms with Gasteiger partial charge >= 0.3 is 0 Å². The van der Waals surface area contributed by atoms with Crippen LogP contribution in [0.5, 0.6) is 5.75 Å². The zero-order valence-corrected chi connectivity index (χ0v) is 19.2. The van der Waals surface area contributed by atoms with Crippen molar-refractivity contribution in [3.05, 3.63) is 94.9 Å². The molecular weight excluding hydrogens is 452 g/mol. The van der Waals surface area contributed by atoms with Crippen molar-refractivity contribution in [2.75, 3.05) is 17.7 Å². The summed E-state index contributed by atoms with van der Waals surface area (Å²) in [6.07, 6.45) is 3.25. The van der Waals surface area contributed by atoms with Crippen LogP contribution < -0.4 is 15.4 Å². The highest BCUT2D eigenvalue weighted by Crippen LogP contribution is 2.38. The third-order valence-electron chi connectivity index (χ3n) is 5.55. The summed E-state index contributed by atoms with van der Waals surface area (Å²) in [7, 11) is 1.61. The van der Waals surface area contributed by atoms with Gasteiger partial charge < -0.3 is 15.4 Å². The standard InChI is InChI=1S/C25H21ClN6O2/c1-15-21(24(33)29-18-6-5-13-27-14-18)22(16-9-11-17(26)12-10-16)32-25(28-15)30-23(31-32)19-7-3-4-8-20(19)34-2/h3-14,22H,1-2H3,(H,29,33)(H,28,30,31)/t22-/m0/s1. The fourth-order valence-electron chi connectivity index (χ4n) is 3.98. The highest BCUT2D eigenvalue weighted by atomic mass is 35.5. The first-order chi connectivity index (χ1) is 16.5. The van der Waals surface area contributed by atoms with E-state index in [1.54, 1.807) is 48.5 Å². The van der Waals surface area contributed by atoms with Gasteiger partial charge in [0.05, 0.1) is 30.1 Å². The van der Waals surface area contributed by atoms with Gasteiger partial charge in [0.2, 0.25) is 5.95 Å². The van der Waals surface area contributed by atoms with Crippen LogP contribution in [0, 0.1) is 0 Å². The summed E-state index contributed by atoms with van der Waals surface area (Å²) in [6, 6.07) is 17.9. The van der Waals surface area contributed by atoms with Gasteiger partial charge in [0.15, 0.2) is 5.82 Å². The van der Waals surface area contributed by atoms with Crippen LogP contribution in [0.25, 0.3) is 11.4 Å². The molecule has 3 heterocycles. The largest absolute Gasteiger partial charge is 0.496 e. The summed E-state index contributed by atoms with van der Waals surface area (Å²) in [5.74, 6) is 1.41.